The first-order valence-corrected chi connectivity index (χ1v) is 8.21. The Balaban J connectivity index is 1.71. The number of carbonyl (C=O) groups is 2. The molecule has 0 heterocycles. The van der Waals surface area contributed by atoms with Crippen molar-refractivity contribution in [1.29, 1.82) is 0 Å². The summed E-state index contributed by atoms with van der Waals surface area (Å²) in [5, 5.41) is 8.15. The molecule has 0 aliphatic heterocycles. The first-order chi connectivity index (χ1) is 12.1. The van der Waals surface area contributed by atoms with Gasteiger partial charge in [-0.05, 0) is 50.2 Å². The average molecular weight is 341 g/mol. The first kappa shape index (κ1) is 18.3. The normalized spacial score (nSPS) is 10.0. The Morgan fingerprint density at radius 3 is 2.28 bits per heavy atom. The van der Waals surface area contributed by atoms with Crippen LogP contribution in [0.2, 0.25) is 0 Å². The molecule has 0 fully saturated rings. The minimum atomic E-state index is -0.321. The summed E-state index contributed by atoms with van der Waals surface area (Å²) in [6.07, 6.45) is 0. The van der Waals surface area contributed by atoms with Gasteiger partial charge in [0, 0.05) is 17.8 Å². The highest BCUT2D eigenvalue weighted by atomic mass is 16.5. The zero-order valence-electron chi connectivity index (χ0n) is 14.5. The summed E-state index contributed by atoms with van der Waals surface area (Å²) < 4.78 is 5.54. The van der Waals surface area contributed by atoms with Crippen molar-refractivity contribution in [3.63, 3.8) is 0 Å². The van der Waals surface area contributed by atoms with Crippen molar-refractivity contribution in [3.8, 4) is 5.75 Å². The van der Waals surface area contributed by atoms with Crippen LogP contribution in [-0.4, -0.2) is 31.6 Å². The van der Waals surface area contributed by atoms with Gasteiger partial charge in [0.2, 0.25) is 0 Å². The van der Waals surface area contributed by atoms with Crippen molar-refractivity contribution in [2.45, 2.75) is 13.8 Å². The number of ether oxygens (including phenoxy) is 1. The molecule has 6 heteroatoms. The second kappa shape index (κ2) is 9.32. The SMILES string of the molecule is CCNC(=O)c1ccc(NC(=O)NCCOc2ccc(C)cc2)cc1. The molecule has 0 unspecified atom stereocenters. The molecule has 6 nitrogen and oxygen atoms in total. The molecule has 0 atom stereocenters. The summed E-state index contributed by atoms with van der Waals surface area (Å²) in [5.41, 5.74) is 2.34. The predicted octanol–water partition coefficient (Wildman–Crippen LogP) is 2.95. The Bertz CT molecular complexity index is 697. The van der Waals surface area contributed by atoms with Crippen LogP contribution in [0.3, 0.4) is 0 Å². The standard InChI is InChI=1S/C19H23N3O3/c1-3-20-18(23)15-6-8-16(9-7-15)22-19(24)21-12-13-25-17-10-4-14(2)5-11-17/h4-11H,3,12-13H2,1-2H3,(H,20,23)(H2,21,22,24). The number of carbonyl (C=O) groups excluding carboxylic acids is 2. The summed E-state index contributed by atoms with van der Waals surface area (Å²) in [6, 6.07) is 14.1. The van der Waals surface area contributed by atoms with Crippen LogP contribution in [-0.2, 0) is 0 Å². The van der Waals surface area contributed by atoms with Gasteiger partial charge in [-0.15, -0.1) is 0 Å². The van der Waals surface area contributed by atoms with E-state index in [1.54, 1.807) is 24.3 Å². The van der Waals surface area contributed by atoms with Gasteiger partial charge < -0.3 is 20.7 Å². The number of urea groups is 1. The molecule has 3 amide bonds. The second-order valence-corrected chi connectivity index (χ2v) is 5.48. The molecule has 0 spiro atoms. The molecule has 2 aromatic carbocycles. The molecule has 132 valence electrons. The Morgan fingerprint density at radius 1 is 0.960 bits per heavy atom. The number of nitrogens with one attached hydrogen (secondary N) is 3. The third-order valence-electron chi connectivity index (χ3n) is 3.42. The van der Waals surface area contributed by atoms with Gasteiger partial charge in [0.1, 0.15) is 12.4 Å². The lowest BCUT2D eigenvalue weighted by atomic mass is 10.2. The summed E-state index contributed by atoms with van der Waals surface area (Å²) >= 11 is 0. The van der Waals surface area contributed by atoms with E-state index in [0.717, 1.165) is 5.75 Å². The number of aryl methyl sites for hydroxylation is 1. The lowest BCUT2D eigenvalue weighted by molar-refractivity contribution is 0.0956. The van der Waals surface area contributed by atoms with Crippen molar-refractivity contribution in [2.24, 2.45) is 0 Å². The van der Waals surface area contributed by atoms with Crippen LogP contribution in [0.25, 0.3) is 0 Å². The highest BCUT2D eigenvalue weighted by molar-refractivity contribution is 5.95. The van der Waals surface area contributed by atoms with Crippen molar-refractivity contribution in [2.75, 3.05) is 25.0 Å². The number of benzene rings is 2. The molecule has 0 saturated heterocycles. The molecular formula is C19H23N3O3. The van der Waals surface area contributed by atoms with Crippen LogP contribution in [0.1, 0.15) is 22.8 Å². The van der Waals surface area contributed by atoms with E-state index in [4.69, 9.17) is 4.74 Å². The molecule has 0 bridgehead atoms. The van der Waals surface area contributed by atoms with Crippen LogP contribution >= 0.6 is 0 Å². The molecule has 0 saturated carbocycles. The number of rotatable bonds is 7. The number of hydrogen-bond acceptors (Lipinski definition) is 3. The van der Waals surface area contributed by atoms with Crippen molar-refractivity contribution in [1.82, 2.24) is 10.6 Å². The van der Waals surface area contributed by atoms with E-state index in [1.165, 1.54) is 5.56 Å². The van der Waals surface area contributed by atoms with Gasteiger partial charge >= 0.3 is 6.03 Å². The van der Waals surface area contributed by atoms with Gasteiger partial charge in [0.05, 0.1) is 6.54 Å². The molecule has 2 aromatic rings. The monoisotopic (exact) mass is 341 g/mol. The Kier molecular flexibility index (Phi) is 6.83. The zero-order chi connectivity index (χ0) is 18.1. The van der Waals surface area contributed by atoms with E-state index in [0.29, 0.717) is 30.9 Å². The molecule has 3 N–H and O–H groups in total. The van der Waals surface area contributed by atoms with E-state index in [9.17, 15) is 9.59 Å². The van der Waals surface area contributed by atoms with Gasteiger partial charge in [0.15, 0.2) is 0 Å². The highest BCUT2D eigenvalue weighted by Gasteiger charge is 2.05. The van der Waals surface area contributed by atoms with Crippen LogP contribution in [0.4, 0.5) is 10.5 Å². The summed E-state index contributed by atoms with van der Waals surface area (Å²) in [7, 11) is 0. The van der Waals surface area contributed by atoms with Crippen LogP contribution in [0, 0.1) is 6.92 Å². The maximum absolute atomic E-state index is 11.8. The summed E-state index contributed by atoms with van der Waals surface area (Å²) in [5.74, 6) is 0.639. The van der Waals surface area contributed by atoms with E-state index in [-0.39, 0.29) is 11.9 Å². The Labute approximate surface area is 147 Å². The zero-order valence-corrected chi connectivity index (χ0v) is 14.5. The minimum absolute atomic E-state index is 0.133. The lowest BCUT2D eigenvalue weighted by Crippen LogP contribution is -2.32. The Morgan fingerprint density at radius 2 is 1.64 bits per heavy atom. The van der Waals surface area contributed by atoms with E-state index < -0.39 is 0 Å². The third kappa shape index (κ3) is 6.18. The van der Waals surface area contributed by atoms with Gasteiger partial charge in [-0.2, -0.15) is 0 Å². The lowest BCUT2D eigenvalue weighted by Gasteiger charge is -2.10. The fourth-order valence-corrected chi connectivity index (χ4v) is 2.11. The molecule has 25 heavy (non-hydrogen) atoms. The number of anilines is 1. The van der Waals surface area contributed by atoms with Gasteiger partial charge in [-0.25, -0.2) is 4.79 Å². The maximum atomic E-state index is 11.8. The van der Waals surface area contributed by atoms with Crippen LogP contribution in [0.5, 0.6) is 5.75 Å². The second-order valence-electron chi connectivity index (χ2n) is 5.48. The summed E-state index contributed by atoms with van der Waals surface area (Å²) in [6.45, 7) is 5.22. The van der Waals surface area contributed by atoms with Crippen LogP contribution < -0.4 is 20.7 Å². The number of hydrogen-bond donors (Lipinski definition) is 3. The van der Waals surface area contributed by atoms with E-state index >= 15 is 0 Å². The first-order valence-electron chi connectivity index (χ1n) is 8.21. The molecule has 0 radical (unpaired) electrons. The fourth-order valence-electron chi connectivity index (χ4n) is 2.11. The number of amides is 3. The van der Waals surface area contributed by atoms with Crippen molar-refractivity contribution < 1.29 is 14.3 Å². The molecular weight excluding hydrogens is 318 g/mol. The van der Waals surface area contributed by atoms with Crippen molar-refractivity contribution >= 4 is 17.6 Å². The third-order valence-corrected chi connectivity index (χ3v) is 3.42. The Hall–Kier alpha value is -3.02. The maximum Gasteiger partial charge on any atom is 0.319 e. The largest absolute Gasteiger partial charge is 0.492 e. The molecule has 0 aromatic heterocycles. The molecule has 0 aliphatic rings. The minimum Gasteiger partial charge on any atom is -0.492 e. The van der Waals surface area contributed by atoms with Gasteiger partial charge in [0.25, 0.3) is 5.91 Å². The van der Waals surface area contributed by atoms with Crippen LogP contribution in [0.15, 0.2) is 48.5 Å². The van der Waals surface area contributed by atoms with E-state index in [2.05, 4.69) is 16.0 Å². The highest BCUT2D eigenvalue weighted by Crippen LogP contribution is 2.11. The molecule has 2 rings (SSSR count). The van der Waals surface area contributed by atoms with Crippen molar-refractivity contribution in [3.05, 3.63) is 59.7 Å². The topological polar surface area (TPSA) is 79.5 Å². The smallest absolute Gasteiger partial charge is 0.319 e. The van der Waals surface area contributed by atoms with Gasteiger partial charge in [-0.3, -0.25) is 4.79 Å². The quantitative estimate of drug-likeness (QED) is 0.678. The molecule has 0 aliphatic carbocycles. The average Bonchev–Trinajstić information content (AvgIpc) is 2.61. The predicted molar refractivity (Wildman–Crippen MR) is 98.1 cm³/mol. The van der Waals surface area contributed by atoms with Gasteiger partial charge in [-0.1, -0.05) is 17.7 Å². The summed E-state index contributed by atoms with van der Waals surface area (Å²) in [4.78, 5) is 23.5. The van der Waals surface area contributed by atoms with E-state index in [1.807, 2.05) is 38.1 Å². The fraction of sp³-hybridized carbons (Fsp3) is 0.263.